The zero-order valence-electron chi connectivity index (χ0n) is 40.8. The number of allylic oxidation sites excluding steroid dienone is 2. The highest BCUT2D eigenvalue weighted by molar-refractivity contribution is 6.23. The maximum Gasteiger partial charge on any atom is 0.391 e. The number of pyridine rings is 1. The third kappa shape index (κ3) is 16.4. The number of nitrogens with one attached hydrogen (secondary N) is 2. The molecule has 390 valence electrons. The van der Waals surface area contributed by atoms with Crippen LogP contribution in [0, 0.1) is 11.8 Å². The summed E-state index contributed by atoms with van der Waals surface area (Å²) in [6, 6.07) is 12.8. The Labute approximate surface area is 417 Å². The van der Waals surface area contributed by atoms with Crippen LogP contribution in [0.5, 0.6) is 11.5 Å². The Balaban J connectivity index is 0.743. The van der Waals surface area contributed by atoms with Crippen LogP contribution in [0.4, 0.5) is 13.2 Å². The molecule has 1 atom stereocenters. The number of rotatable bonds is 28. The van der Waals surface area contributed by atoms with E-state index >= 15 is 0 Å². The summed E-state index contributed by atoms with van der Waals surface area (Å²) in [4.78, 5) is 71.3. The van der Waals surface area contributed by atoms with Gasteiger partial charge < -0.3 is 48.7 Å². The number of ether oxygens (including phenoxy) is 7. The molecule has 0 bridgehead atoms. The lowest BCUT2D eigenvalue weighted by Gasteiger charge is -2.29. The Morgan fingerprint density at radius 2 is 1.44 bits per heavy atom. The third-order valence-corrected chi connectivity index (χ3v) is 12.4. The minimum atomic E-state index is -4.16. The predicted molar refractivity (Wildman–Crippen MR) is 257 cm³/mol. The van der Waals surface area contributed by atoms with Gasteiger partial charge >= 0.3 is 6.18 Å². The highest BCUT2D eigenvalue weighted by Crippen LogP contribution is 2.40. The van der Waals surface area contributed by atoms with Gasteiger partial charge in [0.1, 0.15) is 29.8 Å². The number of hydrogen-bond donors (Lipinski definition) is 2. The maximum absolute atomic E-state index is 13.1. The number of carbonyl (C=O) groups excluding carboxylic acids is 5. The summed E-state index contributed by atoms with van der Waals surface area (Å²) < 4.78 is 78.2. The average molecular weight is 1010 g/mol. The first kappa shape index (κ1) is 55.1. The summed E-state index contributed by atoms with van der Waals surface area (Å²) >= 11 is 0. The van der Waals surface area contributed by atoms with Gasteiger partial charge in [-0.15, -0.1) is 0 Å². The van der Waals surface area contributed by atoms with Gasteiger partial charge in [0.05, 0.1) is 103 Å². The van der Waals surface area contributed by atoms with Crippen LogP contribution in [0.3, 0.4) is 0 Å². The van der Waals surface area contributed by atoms with Crippen LogP contribution in [-0.4, -0.2) is 150 Å². The van der Waals surface area contributed by atoms with Crippen molar-refractivity contribution < 1.29 is 70.3 Å². The normalized spacial score (nSPS) is 18.1. The number of likely N-dealkylation sites (N-methyl/N-ethyl adjacent to an activating group) is 1. The monoisotopic (exact) mass is 1010 g/mol. The Bertz CT molecular complexity index is 2370. The first-order chi connectivity index (χ1) is 34.7. The van der Waals surface area contributed by atoms with Gasteiger partial charge in [0.25, 0.3) is 17.7 Å². The van der Waals surface area contributed by atoms with Gasteiger partial charge in [-0.1, -0.05) is 43.0 Å². The number of imide groups is 1. The topological polar surface area (TPSA) is 193 Å². The Kier molecular flexibility index (Phi) is 21.1. The van der Waals surface area contributed by atoms with E-state index in [1.807, 2.05) is 30.3 Å². The van der Waals surface area contributed by atoms with Crippen molar-refractivity contribution in [3.63, 3.8) is 0 Å². The second kappa shape index (κ2) is 27.6. The minimum absolute atomic E-state index is 0.00597. The summed E-state index contributed by atoms with van der Waals surface area (Å²) in [6.45, 7) is 8.13. The van der Waals surface area contributed by atoms with Crippen molar-refractivity contribution in [3.8, 4) is 11.5 Å². The summed E-state index contributed by atoms with van der Waals surface area (Å²) in [6.07, 6.45) is 3.02. The van der Waals surface area contributed by atoms with Crippen molar-refractivity contribution in [2.75, 3.05) is 93.4 Å². The number of benzene rings is 2. The lowest BCUT2D eigenvalue weighted by atomic mass is 9.81. The lowest BCUT2D eigenvalue weighted by Crippen LogP contribution is -2.51. The zero-order valence-corrected chi connectivity index (χ0v) is 40.8. The van der Waals surface area contributed by atoms with Gasteiger partial charge in [0.15, 0.2) is 0 Å². The highest BCUT2D eigenvalue weighted by atomic mass is 19.4. The van der Waals surface area contributed by atoms with Crippen molar-refractivity contribution in [1.29, 1.82) is 0 Å². The van der Waals surface area contributed by atoms with Crippen molar-refractivity contribution >= 4 is 35.6 Å². The number of halogens is 3. The molecule has 0 spiro atoms. The minimum Gasteiger partial charge on any atom is -0.495 e. The molecule has 6 rings (SSSR count). The molecule has 2 aromatic carbocycles. The first-order valence-electron chi connectivity index (χ1n) is 24.1. The van der Waals surface area contributed by atoms with Gasteiger partial charge in [-0.25, -0.2) is 4.98 Å². The van der Waals surface area contributed by atoms with Gasteiger partial charge in [-0.05, 0) is 79.8 Å². The van der Waals surface area contributed by atoms with Crippen molar-refractivity contribution in [2.45, 2.75) is 63.7 Å². The molecular weight excluding hydrogens is 944 g/mol. The smallest absolute Gasteiger partial charge is 0.391 e. The highest BCUT2D eigenvalue weighted by Gasteiger charge is 2.44. The molecule has 1 saturated carbocycles. The molecule has 3 aromatic rings. The van der Waals surface area contributed by atoms with E-state index in [0.717, 1.165) is 16.0 Å². The molecule has 20 heteroatoms. The number of methoxy groups -OCH3 is 1. The standard InChI is InChI=1S/C52H64F3N5O12/c1-35-7-16-45(49(63)58-35)60-50(64)42-15-14-41(32-43(42)51(60)65)72-28-27-71-26-25-70-24-23-69-22-21-68-20-19-67-18-17-59(2)47(61)30-37-5-4-6-38(29-37)33-57-48(62)44-31-39(46(66-3)34-56-44)11-8-36-9-12-40(13-10-36)52(53,54)55/h4-6,8,11,14-15,29,31-32,34,36,40,45H,1,7,9-10,12-13,16-28,30,33H2,2-3H3,(H,57,62)(H,58,63)/b11-8+. The number of fused-ring (bicyclic) bond motifs is 1. The second-order valence-corrected chi connectivity index (χ2v) is 17.6. The number of piperidine rings is 1. The van der Waals surface area contributed by atoms with Gasteiger partial charge in [-0.3, -0.25) is 28.9 Å². The van der Waals surface area contributed by atoms with E-state index in [4.69, 9.17) is 33.2 Å². The maximum atomic E-state index is 13.1. The molecule has 2 N–H and O–H groups in total. The van der Waals surface area contributed by atoms with Crippen molar-refractivity contribution in [2.24, 2.45) is 11.8 Å². The van der Waals surface area contributed by atoms with E-state index in [1.165, 1.54) is 25.4 Å². The number of aromatic nitrogens is 1. The van der Waals surface area contributed by atoms with E-state index in [9.17, 15) is 37.1 Å². The van der Waals surface area contributed by atoms with E-state index in [2.05, 4.69) is 22.2 Å². The van der Waals surface area contributed by atoms with Crippen molar-refractivity contribution in [3.05, 3.63) is 107 Å². The molecule has 0 radical (unpaired) electrons. The van der Waals surface area contributed by atoms with E-state index in [-0.39, 0.29) is 67.7 Å². The summed E-state index contributed by atoms with van der Waals surface area (Å²) in [5.74, 6) is -2.34. The fourth-order valence-electron chi connectivity index (χ4n) is 8.34. The molecule has 17 nitrogen and oxygen atoms in total. The molecule has 1 saturated heterocycles. The van der Waals surface area contributed by atoms with Crippen molar-refractivity contribution in [1.82, 2.24) is 25.4 Å². The Morgan fingerprint density at radius 3 is 2.08 bits per heavy atom. The zero-order chi connectivity index (χ0) is 51.5. The van der Waals surface area contributed by atoms with Crippen LogP contribution in [0.25, 0.3) is 6.08 Å². The molecule has 3 aliphatic rings. The molecule has 2 aliphatic heterocycles. The molecule has 1 unspecified atom stereocenters. The number of hydrogen-bond acceptors (Lipinski definition) is 13. The molecule has 1 aliphatic carbocycles. The van der Waals surface area contributed by atoms with E-state index in [1.54, 1.807) is 30.2 Å². The number of amides is 5. The largest absolute Gasteiger partial charge is 0.495 e. The molecule has 3 heterocycles. The fraction of sp³-hybridized carbons (Fsp3) is 0.500. The summed E-state index contributed by atoms with van der Waals surface area (Å²) in [7, 11) is 3.20. The number of alkyl halides is 3. The summed E-state index contributed by atoms with van der Waals surface area (Å²) in [5, 5.41) is 5.48. The van der Waals surface area contributed by atoms with Crippen LogP contribution >= 0.6 is 0 Å². The second-order valence-electron chi connectivity index (χ2n) is 17.6. The predicted octanol–water partition coefficient (Wildman–Crippen LogP) is 5.95. The van der Waals surface area contributed by atoms with Gasteiger partial charge in [-0.2, -0.15) is 13.2 Å². The van der Waals surface area contributed by atoms with Crippen LogP contribution in [-0.2, 0) is 46.2 Å². The van der Waals surface area contributed by atoms with E-state index < -0.39 is 41.8 Å². The van der Waals surface area contributed by atoms with Crippen LogP contribution in [0.2, 0.25) is 0 Å². The van der Waals surface area contributed by atoms with E-state index in [0.29, 0.717) is 114 Å². The fourth-order valence-corrected chi connectivity index (χ4v) is 8.34. The molecule has 2 fully saturated rings. The van der Waals surface area contributed by atoms with Crippen LogP contribution < -0.4 is 20.1 Å². The summed E-state index contributed by atoms with van der Waals surface area (Å²) in [5.41, 5.74) is 3.36. The average Bonchev–Trinajstić information content (AvgIpc) is 3.61. The van der Waals surface area contributed by atoms with Gasteiger partial charge in [0.2, 0.25) is 11.8 Å². The Hall–Kier alpha value is -6.19. The molecule has 1 aromatic heterocycles. The van der Waals surface area contributed by atoms with Crippen LogP contribution in [0.1, 0.15) is 86.4 Å². The third-order valence-electron chi connectivity index (χ3n) is 12.4. The number of carbonyl (C=O) groups is 5. The lowest BCUT2D eigenvalue weighted by molar-refractivity contribution is -0.183. The van der Waals surface area contributed by atoms with Crippen LogP contribution in [0.15, 0.2) is 73.1 Å². The molecule has 5 amide bonds. The van der Waals surface area contributed by atoms with Gasteiger partial charge in [0, 0.05) is 31.4 Å². The molecular formula is C52H64F3N5O12. The first-order valence-corrected chi connectivity index (χ1v) is 24.1. The quantitative estimate of drug-likeness (QED) is 0.0641. The molecule has 72 heavy (non-hydrogen) atoms. The SMILES string of the molecule is C=C1CCC(N2C(=O)c3ccc(OCCOCCOCCOCCOCCOCCN(C)C(=O)Cc4cccc(CNC(=O)c5cc(/C=C/C6CCC(C(F)(F)F)CC6)c(OC)cn5)c4)cc3C2=O)C(=O)N1. The number of nitrogens with zero attached hydrogens (tertiary/aromatic N) is 3. The Morgan fingerprint density at radius 1 is 0.819 bits per heavy atom.